The Bertz CT molecular complexity index is 705. The van der Waals surface area contributed by atoms with Crippen molar-refractivity contribution in [2.45, 2.75) is 19.6 Å². The molecule has 0 aromatic carbocycles. The quantitative estimate of drug-likeness (QED) is 0.493. The van der Waals surface area contributed by atoms with Gasteiger partial charge in [0.1, 0.15) is 6.20 Å². The number of aromatic nitrogens is 2. The van der Waals surface area contributed by atoms with Crippen molar-refractivity contribution >= 4 is 23.3 Å². The Labute approximate surface area is 120 Å². The summed E-state index contributed by atoms with van der Waals surface area (Å²) < 4.78 is 38.9. The maximum Gasteiger partial charge on any atom is 0.442 e. The summed E-state index contributed by atoms with van der Waals surface area (Å²) >= 11 is 1.19. The van der Waals surface area contributed by atoms with Crippen LogP contribution in [0.2, 0.25) is 0 Å². The fraction of sp³-hybridized carbons (Fsp3) is 0.273. The smallest absolute Gasteiger partial charge is 0.297 e. The van der Waals surface area contributed by atoms with Crippen LogP contribution in [0.25, 0.3) is 0 Å². The summed E-state index contributed by atoms with van der Waals surface area (Å²) in [6.07, 6.45) is -3.53. The summed E-state index contributed by atoms with van der Waals surface area (Å²) in [7, 11) is 0. The highest BCUT2D eigenvalue weighted by molar-refractivity contribution is 7.13. The van der Waals surface area contributed by atoms with Crippen LogP contribution in [0.5, 0.6) is 0 Å². The van der Waals surface area contributed by atoms with E-state index < -0.39 is 22.5 Å². The minimum atomic E-state index is -4.90. The number of hydrogen-bond acceptors (Lipinski definition) is 5. The van der Waals surface area contributed by atoms with Gasteiger partial charge >= 0.3 is 11.9 Å². The maximum absolute atomic E-state index is 12.7. The molecule has 0 aliphatic carbocycles. The lowest BCUT2D eigenvalue weighted by atomic mass is 10.2. The Balaban J connectivity index is 2.39. The third kappa shape index (κ3) is 3.10. The standard InChI is InChI=1S/C11H8F3N3O3S/c1-6-7(2-8(5-18)21-6)3-16-4-9(17(19)20)10(15-16)11(12,13)14/h2,4-5H,3H2,1H3. The van der Waals surface area contributed by atoms with Gasteiger partial charge in [0.25, 0.3) is 0 Å². The number of alkyl halides is 3. The van der Waals surface area contributed by atoms with E-state index in [4.69, 9.17) is 0 Å². The molecule has 0 bridgehead atoms. The minimum absolute atomic E-state index is 0.0763. The van der Waals surface area contributed by atoms with Crippen molar-refractivity contribution < 1.29 is 22.9 Å². The fourth-order valence-electron chi connectivity index (χ4n) is 1.76. The zero-order valence-electron chi connectivity index (χ0n) is 10.5. The molecular formula is C11H8F3N3O3S. The van der Waals surface area contributed by atoms with Crippen molar-refractivity contribution in [2.24, 2.45) is 0 Å². The summed E-state index contributed by atoms with van der Waals surface area (Å²) in [4.78, 5) is 21.4. The maximum atomic E-state index is 12.7. The van der Waals surface area contributed by atoms with E-state index in [1.165, 1.54) is 17.4 Å². The van der Waals surface area contributed by atoms with E-state index in [0.29, 0.717) is 16.7 Å². The van der Waals surface area contributed by atoms with Crippen molar-refractivity contribution in [3.05, 3.63) is 43.4 Å². The summed E-state index contributed by atoms with van der Waals surface area (Å²) in [5.74, 6) is 0. The van der Waals surface area contributed by atoms with Crippen LogP contribution in [0.15, 0.2) is 12.3 Å². The van der Waals surface area contributed by atoms with E-state index in [0.717, 1.165) is 15.8 Å². The number of aldehydes is 1. The zero-order valence-corrected chi connectivity index (χ0v) is 11.4. The van der Waals surface area contributed by atoms with E-state index in [-0.39, 0.29) is 6.54 Å². The van der Waals surface area contributed by atoms with Gasteiger partial charge in [-0.25, -0.2) is 0 Å². The van der Waals surface area contributed by atoms with E-state index in [9.17, 15) is 28.1 Å². The van der Waals surface area contributed by atoms with Crippen LogP contribution >= 0.6 is 11.3 Å². The summed E-state index contributed by atoms with van der Waals surface area (Å²) in [6.45, 7) is 1.63. The van der Waals surface area contributed by atoms with Crippen LogP contribution < -0.4 is 0 Å². The van der Waals surface area contributed by atoms with Crippen LogP contribution in [-0.4, -0.2) is 21.0 Å². The Morgan fingerprint density at radius 1 is 1.52 bits per heavy atom. The first kappa shape index (κ1) is 15.2. The minimum Gasteiger partial charge on any atom is -0.297 e. The van der Waals surface area contributed by atoms with Crippen LogP contribution in [0, 0.1) is 17.0 Å². The lowest BCUT2D eigenvalue weighted by Crippen LogP contribution is -2.10. The molecule has 0 amide bonds. The third-order valence-corrected chi connectivity index (χ3v) is 3.71. The number of hydrogen-bond donors (Lipinski definition) is 0. The fourth-order valence-corrected chi connectivity index (χ4v) is 2.62. The van der Waals surface area contributed by atoms with Crippen LogP contribution in [0.1, 0.15) is 25.8 Å². The molecule has 0 spiro atoms. The monoisotopic (exact) mass is 319 g/mol. The molecule has 2 heterocycles. The van der Waals surface area contributed by atoms with Crippen molar-refractivity contribution in [1.29, 1.82) is 0 Å². The van der Waals surface area contributed by atoms with E-state index in [1.54, 1.807) is 6.92 Å². The molecule has 0 aliphatic rings. The van der Waals surface area contributed by atoms with Crippen molar-refractivity contribution in [3.63, 3.8) is 0 Å². The number of nitrogens with zero attached hydrogens (tertiary/aromatic N) is 3. The molecule has 2 rings (SSSR count). The zero-order chi connectivity index (χ0) is 15.8. The summed E-state index contributed by atoms with van der Waals surface area (Å²) in [6, 6.07) is 1.52. The second-order valence-corrected chi connectivity index (χ2v) is 5.45. The topological polar surface area (TPSA) is 78.0 Å². The first-order valence-corrected chi connectivity index (χ1v) is 6.37. The highest BCUT2D eigenvalue weighted by Gasteiger charge is 2.42. The van der Waals surface area contributed by atoms with Gasteiger partial charge in [0.2, 0.25) is 5.69 Å². The first-order chi connectivity index (χ1) is 9.72. The molecule has 112 valence electrons. The molecule has 2 aromatic heterocycles. The van der Waals surface area contributed by atoms with E-state index >= 15 is 0 Å². The van der Waals surface area contributed by atoms with Gasteiger partial charge in [-0.2, -0.15) is 18.3 Å². The lowest BCUT2D eigenvalue weighted by molar-refractivity contribution is -0.388. The SMILES string of the molecule is Cc1sc(C=O)cc1Cn1cc([N+](=O)[O-])c(C(F)(F)F)n1. The number of carbonyl (C=O) groups excluding carboxylic acids is 1. The normalized spacial score (nSPS) is 11.6. The summed E-state index contributed by atoms with van der Waals surface area (Å²) in [5.41, 5.74) is -2.03. The number of nitro groups is 1. The predicted molar refractivity (Wildman–Crippen MR) is 67.4 cm³/mol. The van der Waals surface area contributed by atoms with Gasteiger partial charge in [-0.15, -0.1) is 11.3 Å². The second-order valence-electron chi connectivity index (χ2n) is 4.16. The van der Waals surface area contributed by atoms with Gasteiger partial charge in [-0.1, -0.05) is 0 Å². The molecule has 0 saturated heterocycles. The molecule has 6 nitrogen and oxygen atoms in total. The molecule has 0 unspecified atom stereocenters. The van der Waals surface area contributed by atoms with Crippen molar-refractivity contribution in [1.82, 2.24) is 9.78 Å². The van der Waals surface area contributed by atoms with Gasteiger partial charge < -0.3 is 0 Å². The Kier molecular flexibility index (Phi) is 3.81. The number of aryl methyl sites for hydroxylation is 1. The molecule has 2 aromatic rings. The number of rotatable bonds is 4. The number of carbonyl (C=O) groups is 1. The van der Waals surface area contributed by atoms with Crippen molar-refractivity contribution in [3.8, 4) is 0 Å². The lowest BCUT2D eigenvalue weighted by Gasteiger charge is -2.01. The molecule has 0 N–H and O–H groups in total. The second kappa shape index (κ2) is 5.28. The van der Waals surface area contributed by atoms with Gasteiger partial charge in [0, 0.05) is 4.88 Å². The first-order valence-electron chi connectivity index (χ1n) is 5.56. The molecule has 21 heavy (non-hydrogen) atoms. The molecule has 0 atom stereocenters. The molecule has 0 saturated carbocycles. The highest BCUT2D eigenvalue weighted by Crippen LogP contribution is 2.35. The van der Waals surface area contributed by atoms with E-state index in [2.05, 4.69) is 5.10 Å². The Hall–Kier alpha value is -2.23. The third-order valence-electron chi connectivity index (χ3n) is 2.70. The molecule has 0 fully saturated rings. The average Bonchev–Trinajstić information content (AvgIpc) is 2.94. The van der Waals surface area contributed by atoms with Crippen LogP contribution in [0.4, 0.5) is 18.9 Å². The summed E-state index contributed by atoms with van der Waals surface area (Å²) in [5, 5.41) is 13.9. The predicted octanol–water partition coefficient (Wildman–Crippen LogP) is 3.04. The molecule has 10 heteroatoms. The Morgan fingerprint density at radius 2 is 2.19 bits per heavy atom. The molecular weight excluding hydrogens is 311 g/mol. The van der Waals surface area contributed by atoms with Gasteiger partial charge in [0.15, 0.2) is 6.29 Å². The van der Waals surface area contributed by atoms with Gasteiger partial charge in [-0.3, -0.25) is 19.6 Å². The van der Waals surface area contributed by atoms with Crippen LogP contribution in [0.3, 0.4) is 0 Å². The molecule has 0 aliphatic heterocycles. The van der Waals surface area contributed by atoms with Crippen LogP contribution in [-0.2, 0) is 12.7 Å². The largest absolute Gasteiger partial charge is 0.442 e. The number of halogens is 3. The number of thiophene rings is 1. The van der Waals surface area contributed by atoms with Gasteiger partial charge in [0.05, 0.1) is 16.3 Å². The van der Waals surface area contributed by atoms with Gasteiger partial charge in [-0.05, 0) is 18.6 Å². The highest BCUT2D eigenvalue weighted by atomic mass is 32.1. The molecule has 0 radical (unpaired) electrons. The Morgan fingerprint density at radius 3 is 2.62 bits per heavy atom. The van der Waals surface area contributed by atoms with Crippen molar-refractivity contribution in [2.75, 3.05) is 0 Å². The van der Waals surface area contributed by atoms with E-state index in [1.807, 2.05) is 0 Å². The average molecular weight is 319 g/mol.